The van der Waals surface area contributed by atoms with Crippen LogP contribution in [-0.2, 0) is 5.41 Å². The highest BCUT2D eigenvalue weighted by atomic mass is 14.8. The van der Waals surface area contributed by atoms with E-state index in [1.807, 2.05) is 6.07 Å². The van der Waals surface area contributed by atoms with Crippen molar-refractivity contribution >= 4 is 6.21 Å². The lowest BCUT2D eigenvalue weighted by molar-refractivity contribution is 0.770. The lowest BCUT2D eigenvalue weighted by Gasteiger charge is -2.23. The van der Waals surface area contributed by atoms with E-state index in [1.165, 1.54) is 27.8 Å². The molecule has 1 atom stereocenters. The Hall–Kier alpha value is -2.67. The van der Waals surface area contributed by atoms with Gasteiger partial charge in [-0.2, -0.15) is 0 Å². The van der Waals surface area contributed by atoms with Crippen LogP contribution in [0, 0.1) is 0 Å². The molecule has 1 aliphatic rings. The maximum atomic E-state index is 4.92. The molecule has 0 spiro atoms. The molecule has 0 amide bonds. The molecule has 3 aromatic carbocycles. The van der Waals surface area contributed by atoms with E-state index in [4.69, 9.17) is 4.99 Å². The Kier molecular flexibility index (Phi) is 3.57. The fraction of sp³-hybridized carbons (Fsp3) is 0.174. The van der Waals surface area contributed by atoms with Gasteiger partial charge in [-0.05, 0) is 41.7 Å². The van der Waals surface area contributed by atoms with E-state index in [-0.39, 0.29) is 11.5 Å². The van der Waals surface area contributed by atoms with Gasteiger partial charge in [-0.1, -0.05) is 78.9 Å². The number of rotatable bonds is 3. The maximum Gasteiger partial charge on any atom is 0.0717 e. The maximum absolute atomic E-state index is 4.92. The van der Waals surface area contributed by atoms with Crippen molar-refractivity contribution in [2.24, 2.45) is 4.99 Å². The monoisotopic (exact) mass is 311 g/mol. The lowest BCUT2D eigenvalue weighted by Crippen LogP contribution is -2.22. The smallest absolute Gasteiger partial charge is 0.0717 e. The molecule has 0 unspecified atom stereocenters. The van der Waals surface area contributed by atoms with Gasteiger partial charge in [0.2, 0.25) is 0 Å². The van der Waals surface area contributed by atoms with Crippen molar-refractivity contribution in [2.45, 2.75) is 25.3 Å². The molecular weight excluding hydrogens is 290 g/mol. The van der Waals surface area contributed by atoms with Gasteiger partial charge in [0, 0.05) is 6.21 Å². The molecule has 0 saturated heterocycles. The second-order valence-electron chi connectivity index (χ2n) is 6.66. The van der Waals surface area contributed by atoms with Gasteiger partial charge in [0.15, 0.2) is 0 Å². The summed E-state index contributed by atoms with van der Waals surface area (Å²) in [6.45, 7) is 4.43. The van der Waals surface area contributed by atoms with Gasteiger partial charge in [0.05, 0.1) is 11.5 Å². The van der Waals surface area contributed by atoms with Crippen LogP contribution in [0.1, 0.15) is 36.6 Å². The zero-order valence-electron chi connectivity index (χ0n) is 14.1. The lowest BCUT2D eigenvalue weighted by atomic mass is 9.81. The Morgan fingerprint density at radius 1 is 0.750 bits per heavy atom. The SMILES string of the molecule is C[C@H](N=CC1(C)c2ccccc2-c2ccccc21)c1ccccc1. The average Bonchev–Trinajstić information content (AvgIpc) is 2.91. The van der Waals surface area contributed by atoms with Gasteiger partial charge in [-0.3, -0.25) is 4.99 Å². The zero-order chi connectivity index (χ0) is 16.6. The molecule has 0 heterocycles. The van der Waals surface area contributed by atoms with Gasteiger partial charge in [-0.25, -0.2) is 0 Å². The molecule has 24 heavy (non-hydrogen) atoms. The molecule has 0 fully saturated rings. The molecule has 0 N–H and O–H groups in total. The minimum absolute atomic E-state index is 0.156. The molecule has 4 rings (SSSR count). The number of hydrogen-bond acceptors (Lipinski definition) is 1. The zero-order valence-corrected chi connectivity index (χ0v) is 14.1. The summed E-state index contributed by atoms with van der Waals surface area (Å²) >= 11 is 0. The van der Waals surface area contributed by atoms with Crippen molar-refractivity contribution in [2.75, 3.05) is 0 Å². The Balaban J connectivity index is 1.78. The first-order chi connectivity index (χ1) is 11.7. The summed E-state index contributed by atoms with van der Waals surface area (Å²) in [4.78, 5) is 4.92. The van der Waals surface area contributed by atoms with E-state index in [2.05, 4.69) is 92.9 Å². The highest BCUT2D eigenvalue weighted by molar-refractivity contribution is 5.93. The van der Waals surface area contributed by atoms with Gasteiger partial charge >= 0.3 is 0 Å². The molecule has 0 bridgehead atoms. The van der Waals surface area contributed by atoms with Crippen molar-refractivity contribution < 1.29 is 0 Å². The summed E-state index contributed by atoms with van der Waals surface area (Å²) in [5.41, 5.74) is 6.42. The first-order valence-electron chi connectivity index (χ1n) is 8.49. The molecular formula is C23H21N. The highest BCUT2D eigenvalue weighted by Crippen LogP contribution is 2.47. The van der Waals surface area contributed by atoms with Crippen LogP contribution in [0.25, 0.3) is 11.1 Å². The summed E-state index contributed by atoms with van der Waals surface area (Å²) in [6, 6.07) is 28.0. The van der Waals surface area contributed by atoms with Crippen molar-refractivity contribution in [3.8, 4) is 11.1 Å². The van der Waals surface area contributed by atoms with Crippen LogP contribution in [0.3, 0.4) is 0 Å². The van der Waals surface area contributed by atoms with Gasteiger partial charge in [0.25, 0.3) is 0 Å². The van der Waals surface area contributed by atoms with E-state index in [9.17, 15) is 0 Å². The molecule has 1 nitrogen and oxygen atoms in total. The van der Waals surface area contributed by atoms with Crippen molar-refractivity contribution in [3.05, 3.63) is 95.6 Å². The molecule has 118 valence electrons. The third kappa shape index (κ3) is 2.28. The summed E-state index contributed by atoms with van der Waals surface area (Å²) in [5.74, 6) is 0. The highest BCUT2D eigenvalue weighted by Gasteiger charge is 2.37. The second-order valence-corrected chi connectivity index (χ2v) is 6.66. The quantitative estimate of drug-likeness (QED) is 0.542. The van der Waals surface area contributed by atoms with Crippen LogP contribution in [-0.4, -0.2) is 6.21 Å². The molecule has 1 aliphatic carbocycles. The molecule has 1 heteroatoms. The van der Waals surface area contributed by atoms with Crippen LogP contribution >= 0.6 is 0 Å². The number of hydrogen-bond donors (Lipinski definition) is 0. The predicted molar refractivity (Wildman–Crippen MR) is 102 cm³/mol. The van der Waals surface area contributed by atoms with E-state index >= 15 is 0 Å². The largest absolute Gasteiger partial charge is 0.288 e. The second kappa shape index (κ2) is 5.76. The van der Waals surface area contributed by atoms with Gasteiger partial charge in [0.1, 0.15) is 0 Å². The normalized spacial score (nSPS) is 15.9. The van der Waals surface area contributed by atoms with E-state index in [0.717, 1.165) is 0 Å². The van der Waals surface area contributed by atoms with Crippen molar-refractivity contribution in [1.82, 2.24) is 0 Å². The van der Waals surface area contributed by atoms with Crippen LogP contribution < -0.4 is 0 Å². The third-order valence-corrected chi connectivity index (χ3v) is 5.10. The third-order valence-electron chi connectivity index (χ3n) is 5.10. The van der Waals surface area contributed by atoms with E-state index in [0.29, 0.717) is 0 Å². The number of benzene rings is 3. The Morgan fingerprint density at radius 3 is 1.83 bits per heavy atom. The number of nitrogens with zero attached hydrogens (tertiary/aromatic N) is 1. The average molecular weight is 311 g/mol. The Labute approximate surface area is 143 Å². The molecule has 0 aromatic heterocycles. The van der Waals surface area contributed by atoms with Gasteiger partial charge in [-0.15, -0.1) is 0 Å². The van der Waals surface area contributed by atoms with Crippen molar-refractivity contribution in [3.63, 3.8) is 0 Å². The standard InChI is InChI=1S/C23H21N/c1-17(18-10-4-3-5-11-18)24-16-23(2)21-14-8-6-12-19(21)20-13-7-9-15-22(20)23/h3-17H,1-2H3/t17-/m0/s1. The fourth-order valence-electron chi connectivity index (χ4n) is 3.70. The first-order valence-corrected chi connectivity index (χ1v) is 8.49. The van der Waals surface area contributed by atoms with Crippen LogP contribution in [0.5, 0.6) is 0 Å². The van der Waals surface area contributed by atoms with Crippen molar-refractivity contribution in [1.29, 1.82) is 0 Å². The minimum Gasteiger partial charge on any atom is -0.288 e. The molecule has 0 saturated carbocycles. The summed E-state index contributed by atoms with van der Waals surface area (Å²) < 4.78 is 0. The summed E-state index contributed by atoms with van der Waals surface area (Å²) in [6.07, 6.45) is 2.15. The topological polar surface area (TPSA) is 12.4 Å². The van der Waals surface area contributed by atoms with Gasteiger partial charge < -0.3 is 0 Å². The molecule has 3 aromatic rings. The van der Waals surface area contributed by atoms with E-state index < -0.39 is 0 Å². The fourth-order valence-corrected chi connectivity index (χ4v) is 3.70. The number of aliphatic imine (C=N–C) groups is 1. The predicted octanol–water partition coefficient (Wildman–Crippen LogP) is 5.81. The Morgan fingerprint density at radius 2 is 1.25 bits per heavy atom. The molecule has 0 aliphatic heterocycles. The van der Waals surface area contributed by atoms with Crippen LogP contribution in [0.2, 0.25) is 0 Å². The van der Waals surface area contributed by atoms with Crippen LogP contribution in [0.4, 0.5) is 0 Å². The Bertz CT molecular complexity index is 847. The van der Waals surface area contributed by atoms with E-state index in [1.54, 1.807) is 0 Å². The summed E-state index contributed by atoms with van der Waals surface area (Å²) in [7, 11) is 0. The summed E-state index contributed by atoms with van der Waals surface area (Å²) in [5, 5.41) is 0. The minimum atomic E-state index is -0.170. The first kappa shape index (κ1) is 14.9. The number of fused-ring (bicyclic) bond motifs is 3. The van der Waals surface area contributed by atoms with Crippen LogP contribution in [0.15, 0.2) is 83.9 Å². The molecule has 0 radical (unpaired) electrons.